The summed E-state index contributed by atoms with van der Waals surface area (Å²) >= 11 is 0. The molecule has 5 nitrogen and oxygen atoms in total. The summed E-state index contributed by atoms with van der Waals surface area (Å²) in [6.45, 7) is 3.31. The van der Waals surface area contributed by atoms with Crippen LogP contribution in [-0.4, -0.2) is 27.0 Å². The molecule has 2 aromatic heterocycles. The Hall–Kier alpha value is -2.69. The first-order valence-corrected chi connectivity index (χ1v) is 8.43. The van der Waals surface area contributed by atoms with Crippen molar-refractivity contribution in [3.8, 4) is 11.4 Å². The maximum atomic E-state index is 11.8. The number of nitrogens with zero attached hydrogens (tertiary/aromatic N) is 3. The summed E-state index contributed by atoms with van der Waals surface area (Å²) in [7, 11) is 0. The third kappa shape index (κ3) is 3.62. The monoisotopic (exact) mass is 322 g/mol. The number of fused-ring (bicyclic) bond motifs is 1. The molecule has 3 aromatic rings. The van der Waals surface area contributed by atoms with Gasteiger partial charge in [0, 0.05) is 31.3 Å². The average Bonchev–Trinajstić information content (AvgIpc) is 2.99. The summed E-state index contributed by atoms with van der Waals surface area (Å²) in [5.74, 6) is 0.989. The van der Waals surface area contributed by atoms with E-state index in [9.17, 15) is 4.79 Å². The molecule has 0 saturated heterocycles. The van der Waals surface area contributed by atoms with Gasteiger partial charge in [-0.1, -0.05) is 43.7 Å². The molecule has 0 radical (unpaired) electrons. The first-order valence-electron chi connectivity index (χ1n) is 8.43. The molecule has 0 saturated carbocycles. The van der Waals surface area contributed by atoms with Crippen molar-refractivity contribution in [1.29, 1.82) is 0 Å². The molecule has 5 heteroatoms. The molecule has 1 N–H and O–H groups in total. The Bertz CT molecular complexity index is 811. The van der Waals surface area contributed by atoms with Gasteiger partial charge in [-0.05, 0) is 18.6 Å². The lowest BCUT2D eigenvalue weighted by Crippen LogP contribution is -2.27. The molecule has 0 fully saturated rings. The number of carbonyl (C=O) groups is 1. The van der Waals surface area contributed by atoms with Gasteiger partial charge in [-0.15, -0.1) is 0 Å². The minimum Gasteiger partial charge on any atom is -0.354 e. The van der Waals surface area contributed by atoms with Gasteiger partial charge in [-0.25, -0.2) is 9.97 Å². The Balaban J connectivity index is 1.82. The zero-order valence-electron chi connectivity index (χ0n) is 13.9. The van der Waals surface area contributed by atoms with Crippen LogP contribution in [0.1, 0.15) is 26.2 Å². The van der Waals surface area contributed by atoms with Crippen molar-refractivity contribution in [2.24, 2.45) is 0 Å². The van der Waals surface area contributed by atoms with Crippen LogP contribution < -0.4 is 5.32 Å². The molecular weight excluding hydrogens is 300 g/mol. The Morgan fingerprint density at radius 2 is 2.00 bits per heavy atom. The number of aromatic nitrogens is 3. The van der Waals surface area contributed by atoms with Crippen LogP contribution in [0.25, 0.3) is 22.6 Å². The second-order valence-electron chi connectivity index (χ2n) is 5.75. The number of hydrogen-bond donors (Lipinski definition) is 1. The van der Waals surface area contributed by atoms with Crippen molar-refractivity contribution in [2.45, 2.75) is 32.7 Å². The summed E-state index contributed by atoms with van der Waals surface area (Å²) < 4.78 is 2.07. The van der Waals surface area contributed by atoms with Crippen LogP contribution in [0.5, 0.6) is 0 Å². The third-order valence-electron chi connectivity index (χ3n) is 3.95. The lowest BCUT2D eigenvalue weighted by Gasteiger charge is -2.10. The van der Waals surface area contributed by atoms with E-state index in [1.165, 1.54) is 0 Å². The normalized spacial score (nSPS) is 10.9. The molecule has 1 amide bonds. The highest BCUT2D eigenvalue weighted by Crippen LogP contribution is 2.23. The van der Waals surface area contributed by atoms with Gasteiger partial charge in [0.25, 0.3) is 0 Å². The van der Waals surface area contributed by atoms with Crippen LogP contribution in [0, 0.1) is 0 Å². The number of rotatable bonds is 7. The summed E-state index contributed by atoms with van der Waals surface area (Å²) in [5.41, 5.74) is 2.76. The van der Waals surface area contributed by atoms with Crippen molar-refractivity contribution in [1.82, 2.24) is 19.9 Å². The first-order chi connectivity index (χ1) is 11.8. The predicted molar refractivity (Wildman–Crippen MR) is 95.5 cm³/mol. The molecule has 0 aliphatic heterocycles. The number of nitrogens with one attached hydrogen (secondary N) is 1. The zero-order valence-corrected chi connectivity index (χ0v) is 13.9. The van der Waals surface area contributed by atoms with E-state index in [1.54, 1.807) is 6.20 Å². The van der Waals surface area contributed by atoms with Crippen LogP contribution in [0.2, 0.25) is 0 Å². The van der Waals surface area contributed by atoms with Gasteiger partial charge in [0.1, 0.15) is 11.3 Å². The lowest BCUT2D eigenvalue weighted by atomic mass is 10.2. The van der Waals surface area contributed by atoms with Gasteiger partial charge in [-0.3, -0.25) is 4.79 Å². The smallest absolute Gasteiger partial charge is 0.220 e. The first kappa shape index (κ1) is 16.2. The number of imidazole rings is 1. The molecule has 0 spiro atoms. The predicted octanol–water partition coefficient (Wildman–Crippen LogP) is 3.40. The van der Waals surface area contributed by atoms with Crippen molar-refractivity contribution in [3.05, 3.63) is 48.7 Å². The molecule has 0 aliphatic rings. The summed E-state index contributed by atoms with van der Waals surface area (Å²) in [6, 6.07) is 13.9. The minimum absolute atomic E-state index is 0.107. The molecule has 0 unspecified atom stereocenters. The quantitative estimate of drug-likeness (QED) is 0.725. The highest BCUT2D eigenvalue weighted by Gasteiger charge is 2.13. The lowest BCUT2D eigenvalue weighted by molar-refractivity contribution is -0.121. The SMILES string of the molecule is CCCCC(=O)NCCn1c(-c2ccccc2)nc2cccnc21. The molecule has 3 rings (SSSR count). The van der Waals surface area contributed by atoms with Crippen molar-refractivity contribution >= 4 is 17.1 Å². The molecule has 0 aliphatic carbocycles. The van der Waals surface area contributed by atoms with E-state index in [2.05, 4.69) is 21.8 Å². The fourth-order valence-electron chi connectivity index (χ4n) is 2.71. The van der Waals surface area contributed by atoms with Crippen LogP contribution in [0.3, 0.4) is 0 Å². The molecule has 24 heavy (non-hydrogen) atoms. The van der Waals surface area contributed by atoms with E-state index in [1.807, 2.05) is 42.5 Å². The zero-order chi connectivity index (χ0) is 16.8. The molecular formula is C19H22N4O. The summed E-state index contributed by atoms with van der Waals surface area (Å²) in [4.78, 5) is 21.0. The fraction of sp³-hybridized carbons (Fsp3) is 0.316. The Morgan fingerprint density at radius 1 is 1.17 bits per heavy atom. The van der Waals surface area contributed by atoms with E-state index in [0.717, 1.165) is 35.4 Å². The number of unbranched alkanes of at least 4 members (excludes halogenated alkanes) is 1. The van der Waals surface area contributed by atoms with Crippen LogP contribution >= 0.6 is 0 Å². The molecule has 124 valence electrons. The molecule has 0 atom stereocenters. The molecule has 2 heterocycles. The van der Waals surface area contributed by atoms with Gasteiger partial charge in [0.05, 0.1) is 0 Å². The number of benzene rings is 1. The topological polar surface area (TPSA) is 59.8 Å². The van der Waals surface area contributed by atoms with E-state index in [-0.39, 0.29) is 5.91 Å². The average molecular weight is 322 g/mol. The summed E-state index contributed by atoms with van der Waals surface area (Å²) in [5, 5.41) is 2.98. The number of carbonyl (C=O) groups excluding carboxylic acids is 1. The number of pyridine rings is 1. The maximum Gasteiger partial charge on any atom is 0.220 e. The minimum atomic E-state index is 0.107. The third-order valence-corrected chi connectivity index (χ3v) is 3.95. The Morgan fingerprint density at radius 3 is 2.79 bits per heavy atom. The van der Waals surface area contributed by atoms with Crippen LogP contribution in [-0.2, 0) is 11.3 Å². The largest absolute Gasteiger partial charge is 0.354 e. The molecule has 1 aromatic carbocycles. The van der Waals surface area contributed by atoms with Gasteiger partial charge < -0.3 is 9.88 Å². The fourth-order valence-corrected chi connectivity index (χ4v) is 2.71. The van der Waals surface area contributed by atoms with E-state index in [0.29, 0.717) is 19.5 Å². The second kappa shape index (κ2) is 7.73. The van der Waals surface area contributed by atoms with E-state index in [4.69, 9.17) is 4.98 Å². The van der Waals surface area contributed by atoms with Crippen LogP contribution in [0.15, 0.2) is 48.7 Å². The standard InChI is InChI=1S/C19H22N4O/c1-2-3-11-17(24)20-13-14-23-18(15-8-5-4-6-9-15)22-16-10-7-12-21-19(16)23/h4-10,12H,2-3,11,13-14H2,1H3,(H,20,24). The highest BCUT2D eigenvalue weighted by atomic mass is 16.1. The van der Waals surface area contributed by atoms with Crippen LogP contribution in [0.4, 0.5) is 0 Å². The van der Waals surface area contributed by atoms with Crippen molar-refractivity contribution < 1.29 is 4.79 Å². The van der Waals surface area contributed by atoms with Gasteiger partial charge >= 0.3 is 0 Å². The number of amides is 1. The molecule has 0 bridgehead atoms. The Labute approximate surface area is 141 Å². The van der Waals surface area contributed by atoms with E-state index >= 15 is 0 Å². The second-order valence-corrected chi connectivity index (χ2v) is 5.75. The van der Waals surface area contributed by atoms with Gasteiger partial charge in [0.15, 0.2) is 5.65 Å². The van der Waals surface area contributed by atoms with Crippen molar-refractivity contribution in [2.75, 3.05) is 6.54 Å². The van der Waals surface area contributed by atoms with Gasteiger partial charge in [0.2, 0.25) is 5.91 Å². The van der Waals surface area contributed by atoms with E-state index < -0.39 is 0 Å². The number of hydrogen-bond acceptors (Lipinski definition) is 3. The highest BCUT2D eigenvalue weighted by molar-refractivity contribution is 5.77. The summed E-state index contributed by atoms with van der Waals surface area (Å²) in [6.07, 6.45) is 4.32. The Kier molecular flexibility index (Phi) is 5.21. The van der Waals surface area contributed by atoms with Crippen molar-refractivity contribution in [3.63, 3.8) is 0 Å². The van der Waals surface area contributed by atoms with Gasteiger partial charge in [-0.2, -0.15) is 0 Å². The maximum absolute atomic E-state index is 11.8.